The van der Waals surface area contributed by atoms with Crippen molar-refractivity contribution >= 4 is 34.0 Å². The van der Waals surface area contributed by atoms with Crippen molar-refractivity contribution in [2.45, 2.75) is 0 Å². The van der Waals surface area contributed by atoms with Crippen molar-refractivity contribution in [2.24, 2.45) is 0 Å². The van der Waals surface area contributed by atoms with E-state index in [4.69, 9.17) is 0 Å². The summed E-state index contributed by atoms with van der Waals surface area (Å²) in [5.41, 5.74) is 0. The van der Waals surface area contributed by atoms with E-state index in [1.165, 1.54) is 0 Å². The summed E-state index contributed by atoms with van der Waals surface area (Å²) in [4.78, 5) is 0. The number of rotatable bonds is 0. The number of hydrogen-bond donors (Lipinski definition) is 0. The fraction of sp³-hybridized carbons (Fsp3) is 0. The van der Waals surface area contributed by atoms with Crippen LogP contribution in [0.1, 0.15) is 0 Å². The Bertz CT molecular complexity index is 22.3. The van der Waals surface area contributed by atoms with Gasteiger partial charge in [-0.2, -0.15) is 0 Å². The molecule has 14 heteroatoms. The molecule has 0 heterocycles. The van der Waals surface area contributed by atoms with E-state index >= 15 is 0 Å². The predicted molar refractivity (Wildman–Crippen MR) is 48.8 cm³/mol. The van der Waals surface area contributed by atoms with Gasteiger partial charge in [-0.25, -0.2) is 0 Å². The summed E-state index contributed by atoms with van der Waals surface area (Å²) in [6.45, 7) is 0. The van der Waals surface area contributed by atoms with Crippen LogP contribution in [-0.4, -0.2) is 66.9 Å². The van der Waals surface area contributed by atoms with Crippen LogP contribution in [-0.2, 0) is 0 Å². The number of halogens is 6. The maximum absolute atomic E-state index is 0. The Kier molecular flexibility index (Phi) is 33700000. The topological polar surface area (TPSA) is 189 Å². The molecule has 0 rings (SSSR count). The van der Waals surface area contributed by atoms with Gasteiger partial charge in [-0.05, 0) is 11.0 Å². The van der Waals surface area contributed by atoms with Crippen LogP contribution in [0, 0.1) is 0 Å². The van der Waals surface area contributed by atoms with E-state index in [2.05, 4.69) is 0 Å². The summed E-state index contributed by atoms with van der Waals surface area (Å²) < 4.78 is 0. The van der Waals surface area contributed by atoms with Gasteiger partial charge in [0.1, 0.15) is 0 Å². The van der Waals surface area contributed by atoms with Gasteiger partial charge in [0.25, 0.3) is 0 Å². The van der Waals surface area contributed by atoms with Crippen LogP contribution in [0.3, 0.4) is 0 Å². The van der Waals surface area contributed by atoms with E-state index in [-0.39, 0.29) is 95.1 Å². The third-order valence-corrected chi connectivity index (χ3v) is 0. The van der Waals surface area contributed by atoms with Gasteiger partial charge in [-0.15, -0.1) is 0 Å². The van der Waals surface area contributed by atoms with Gasteiger partial charge in [0.2, 0.25) is 0 Å². The van der Waals surface area contributed by atoms with E-state index in [1.807, 2.05) is 0 Å². The molecule has 0 atom stereocenters. The molecule has 0 aromatic carbocycles. The number of hydrogen-bond acceptors (Lipinski definition) is 0. The molecule has 0 aliphatic rings. The molecule has 0 aromatic heterocycles. The van der Waals surface area contributed by atoms with Crippen LogP contribution in [0.2, 0.25) is 0 Å². The molecule has 0 unspecified atom stereocenters. The van der Waals surface area contributed by atoms with E-state index in [9.17, 15) is 0 Å². The Morgan fingerprint density at radius 1 is 0.357 bits per heavy atom. The molecule has 0 bridgehead atoms. The molecule has 0 fully saturated rings. The predicted octanol–water partition coefficient (Wildman–Crippen LogP) is -12.2. The van der Waals surface area contributed by atoms with Crippen molar-refractivity contribution in [1.82, 2.24) is 0 Å². The Hall–Kier alpha value is 0.323. The third-order valence-electron chi connectivity index (χ3n) is 0. The first-order valence-corrected chi connectivity index (χ1v) is 0. The first-order valence-electron chi connectivity index (χ1n) is 0. The molecule has 0 aromatic rings. The maximum Gasteiger partial charge on any atom is 2.00 e. The molecular weight excluding hydrogens is 262 g/mol. The van der Waals surface area contributed by atoms with Gasteiger partial charge in [0.05, 0.1) is 0 Å². The standard InChI is InChI=1S/6FH.Mg.6H2O.H4Si/h6*1H;;6*1H2;1H4/q;;;;;;+2;;;;;;;/p-2. The smallest absolute Gasteiger partial charge is 1.00 e. The molecule has 0 aliphatic heterocycles. The molecule has 0 aliphatic carbocycles. The summed E-state index contributed by atoms with van der Waals surface area (Å²) in [6, 6.07) is 0. The molecule has 0 amide bonds. The fourth-order valence-electron chi connectivity index (χ4n) is 0. The fourth-order valence-corrected chi connectivity index (χ4v) is 0. The summed E-state index contributed by atoms with van der Waals surface area (Å²) in [5.74, 6) is 0. The minimum absolute atomic E-state index is 0. The quantitative estimate of drug-likeness (QED) is 0.301. The zero-order chi connectivity index (χ0) is 0. The van der Waals surface area contributed by atoms with Gasteiger partial charge >= 0.3 is 23.1 Å². The van der Waals surface area contributed by atoms with Crippen molar-refractivity contribution in [3.05, 3.63) is 0 Å². The van der Waals surface area contributed by atoms with Crippen molar-refractivity contribution < 1.29 is 61.1 Å². The summed E-state index contributed by atoms with van der Waals surface area (Å²) in [5, 5.41) is 0. The van der Waals surface area contributed by atoms with Crippen LogP contribution in [0.5, 0.6) is 0 Å². The SMILES string of the molecule is F.F.F.F.O.O.O.O.O.O.[F-].[F-].[Mg+2].[SiH4]. The Morgan fingerprint density at radius 3 is 0.357 bits per heavy atom. The Labute approximate surface area is 95.7 Å². The van der Waals surface area contributed by atoms with Gasteiger partial charge in [-0.3, -0.25) is 18.8 Å². The molecule has 0 saturated carbocycles. The molecule has 0 saturated heterocycles. The molecule has 6 nitrogen and oxygen atoms in total. The first kappa shape index (κ1) is 24400. The second-order valence-corrected chi connectivity index (χ2v) is 0. The van der Waals surface area contributed by atoms with Crippen LogP contribution in [0.25, 0.3) is 0 Å². The second kappa shape index (κ2) is 19400. The minimum Gasteiger partial charge on any atom is -1.00 e. The zero-order valence-electron chi connectivity index (χ0n) is 6.10. The van der Waals surface area contributed by atoms with E-state index in [0.717, 1.165) is 0 Å². The van der Waals surface area contributed by atoms with Gasteiger partial charge in [-0.1, -0.05) is 0 Å². The largest absolute Gasteiger partial charge is 2.00 e. The normalized spacial score (nSPS) is 0. The molecule has 14 heavy (non-hydrogen) atoms. The summed E-state index contributed by atoms with van der Waals surface area (Å²) >= 11 is 0. The average molecular weight is 283 g/mol. The van der Waals surface area contributed by atoms with Gasteiger partial charge < -0.3 is 42.3 Å². The maximum atomic E-state index is 0. The first-order chi connectivity index (χ1) is 0. The van der Waals surface area contributed by atoms with Crippen molar-refractivity contribution in [3.8, 4) is 0 Å². The summed E-state index contributed by atoms with van der Waals surface area (Å²) in [6.07, 6.45) is 0. The van der Waals surface area contributed by atoms with Crippen molar-refractivity contribution in [3.63, 3.8) is 0 Å². The minimum atomic E-state index is 0. The van der Waals surface area contributed by atoms with Gasteiger partial charge in [0, 0.05) is 0 Å². The third kappa shape index (κ3) is 15100. The zero-order valence-corrected chi connectivity index (χ0v) is 7.51. The van der Waals surface area contributed by atoms with E-state index < -0.39 is 0 Å². The van der Waals surface area contributed by atoms with Gasteiger partial charge in [0.15, 0.2) is 0 Å². The Balaban J connectivity index is 0. The molecular formula is H20F6MgO6Si. The Morgan fingerprint density at radius 2 is 0.357 bits per heavy atom. The molecule has 0 spiro atoms. The van der Waals surface area contributed by atoms with E-state index in [1.54, 1.807) is 0 Å². The van der Waals surface area contributed by atoms with Crippen LogP contribution >= 0.6 is 0 Å². The second-order valence-electron chi connectivity index (χ2n) is 0. The van der Waals surface area contributed by atoms with Crippen molar-refractivity contribution in [2.75, 3.05) is 0 Å². The van der Waals surface area contributed by atoms with Crippen LogP contribution < -0.4 is 9.41 Å². The van der Waals surface area contributed by atoms with E-state index in [0.29, 0.717) is 0 Å². The molecule has 104 valence electrons. The van der Waals surface area contributed by atoms with Crippen LogP contribution in [0.4, 0.5) is 18.8 Å². The average Bonchev–Trinajstić information content (AvgIpc) is 0. The van der Waals surface area contributed by atoms with Crippen molar-refractivity contribution in [1.29, 1.82) is 0 Å². The van der Waals surface area contributed by atoms with Crippen LogP contribution in [0.15, 0.2) is 0 Å². The summed E-state index contributed by atoms with van der Waals surface area (Å²) in [7, 11) is 0. The monoisotopic (exact) mass is 282 g/mol. The molecule has 12 N–H and O–H groups in total. The molecule has 0 radical (unpaired) electrons.